The molecule has 2 bridgehead atoms. The molecule has 4 nitrogen and oxygen atoms in total. The second-order valence-corrected chi connectivity index (χ2v) is 9.82. The molecule has 0 aromatic carbocycles. The van der Waals surface area contributed by atoms with E-state index in [1.807, 2.05) is 0 Å². The van der Waals surface area contributed by atoms with Crippen LogP contribution >= 0.6 is 11.8 Å². The summed E-state index contributed by atoms with van der Waals surface area (Å²) < 4.78 is 12.3. The predicted molar refractivity (Wildman–Crippen MR) is 110 cm³/mol. The fraction of sp³-hybridized carbons (Fsp3) is 0.955. The minimum Gasteiger partial charge on any atom is -0.481 e. The third-order valence-electron chi connectivity index (χ3n) is 6.71. The van der Waals surface area contributed by atoms with Crippen LogP contribution < -0.4 is 0 Å². The van der Waals surface area contributed by atoms with Gasteiger partial charge in [-0.1, -0.05) is 38.5 Å². The molecule has 5 heteroatoms. The first-order valence-electron chi connectivity index (χ1n) is 11.3. The fourth-order valence-electron chi connectivity index (χ4n) is 5.24. The van der Waals surface area contributed by atoms with Gasteiger partial charge in [-0.25, -0.2) is 0 Å². The second kappa shape index (κ2) is 11.7. The molecule has 27 heavy (non-hydrogen) atoms. The highest BCUT2D eigenvalue weighted by atomic mass is 32.2. The van der Waals surface area contributed by atoms with Gasteiger partial charge in [-0.3, -0.25) is 4.79 Å². The Hall–Kier alpha value is -0.260. The van der Waals surface area contributed by atoms with E-state index in [0.717, 1.165) is 43.5 Å². The van der Waals surface area contributed by atoms with Gasteiger partial charge < -0.3 is 14.6 Å². The molecule has 2 heterocycles. The lowest BCUT2D eigenvalue weighted by Gasteiger charge is -2.28. The molecule has 2 saturated heterocycles. The van der Waals surface area contributed by atoms with Crippen LogP contribution in [0.3, 0.4) is 0 Å². The van der Waals surface area contributed by atoms with Gasteiger partial charge in [0.2, 0.25) is 0 Å². The van der Waals surface area contributed by atoms with Crippen molar-refractivity contribution in [3.05, 3.63) is 0 Å². The topological polar surface area (TPSA) is 55.8 Å². The van der Waals surface area contributed by atoms with E-state index >= 15 is 0 Å². The molecule has 3 fully saturated rings. The Morgan fingerprint density at radius 1 is 0.963 bits per heavy atom. The lowest BCUT2D eigenvalue weighted by Crippen LogP contribution is -2.29. The number of hydrogen-bond donors (Lipinski definition) is 1. The number of unbranched alkanes of at least 4 members (excludes halogenated alkanes) is 3. The summed E-state index contributed by atoms with van der Waals surface area (Å²) in [4.78, 5) is 10.6. The Kier molecular flexibility index (Phi) is 9.27. The molecule has 3 rings (SSSR count). The zero-order chi connectivity index (χ0) is 18.9. The van der Waals surface area contributed by atoms with Crippen molar-refractivity contribution in [2.24, 2.45) is 11.8 Å². The molecule has 3 aliphatic rings. The van der Waals surface area contributed by atoms with Crippen LogP contribution in [0.1, 0.15) is 83.5 Å². The number of carboxylic acids is 1. The van der Waals surface area contributed by atoms with Crippen molar-refractivity contribution in [1.82, 2.24) is 0 Å². The molecule has 0 aromatic rings. The van der Waals surface area contributed by atoms with Crippen molar-refractivity contribution in [3.8, 4) is 0 Å². The van der Waals surface area contributed by atoms with Gasteiger partial charge in [0, 0.05) is 12.2 Å². The highest BCUT2D eigenvalue weighted by Gasteiger charge is 2.47. The maximum absolute atomic E-state index is 10.6. The van der Waals surface area contributed by atoms with Gasteiger partial charge in [0.05, 0.1) is 24.9 Å². The standard InChI is InChI=1S/C22H38O4S/c23-22(24)11-7-2-1-6-10-18-19(21-13-12-20(18)26-21)16-27-15-14-25-17-8-4-3-5-9-17/h17-21H,1-16H2,(H,23,24)/t18-,19+,20-,21+/m0/s1. The summed E-state index contributed by atoms with van der Waals surface area (Å²) in [6.45, 7) is 0.908. The number of carbonyl (C=O) groups is 1. The normalized spacial score (nSPS) is 30.8. The van der Waals surface area contributed by atoms with E-state index in [9.17, 15) is 4.79 Å². The zero-order valence-corrected chi connectivity index (χ0v) is 17.6. The molecule has 0 radical (unpaired) electrons. The van der Waals surface area contributed by atoms with E-state index in [4.69, 9.17) is 14.6 Å². The molecule has 1 saturated carbocycles. The Morgan fingerprint density at radius 3 is 2.48 bits per heavy atom. The number of hydrogen-bond acceptors (Lipinski definition) is 4. The van der Waals surface area contributed by atoms with E-state index in [1.54, 1.807) is 0 Å². The lowest BCUT2D eigenvalue weighted by molar-refractivity contribution is -0.137. The molecular weight excluding hydrogens is 360 g/mol. The predicted octanol–water partition coefficient (Wildman–Crippen LogP) is 5.29. The van der Waals surface area contributed by atoms with Crippen molar-refractivity contribution in [1.29, 1.82) is 0 Å². The minimum atomic E-state index is -0.666. The number of ether oxygens (including phenoxy) is 2. The summed E-state index contributed by atoms with van der Waals surface area (Å²) in [6.07, 6.45) is 16.5. The van der Waals surface area contributed by atoms with Gasteiger partial charge >= 0.3 is 5.97 Å². The number of rotatable bonds is 13. The maximum Gasteiger partial charge on any atom is 0.303 e. The van der Waals surface area contributed by atoms with Crippen LogP contribution in [0.5, 0.6) is 0 Å². The van der Waals surface area contributed by atoms with Crippen molar-refractivity contribution in [3.63, 3.8) is 0 Å². The van der Waals surface area contributed by atoms with Gasteiger partial charge in [-0.2, -0.15) is 11.8 Å². The van der Waals surface area contributed by atoms with E-state index in [0.29, 0.717) is 24.7 Å². The second-order valence-electron chi connectivity index (χ2n) is 8.67. The summed E-state index contributed by atoms with van der Waals surface area (Å²) in [5, 5.41) is 8.72. The van der Waals surface area contributed by atoms with Crippen LogP contribution in [0.15, 0.2) is 0 Å². The first kappa shape index (κ1) is 21.4. The van der Waals surface area contributed by atoms with Crippen molar-refractivity contribution < 1.29 is 19.4 Å². The highest BCUT2D eigenvalue weighted by Crippen LogP contribution is 2.46. The van der Waals surface area contributed by atoms with E-state index < -0.39 is 5.97 Å². The first-order valence-corrected chi connectivity index (χ1v) is 12.5. The molecule has 0 amide bonds. The SMILES string of the molecule is O=C(O)CCCCCC[C@H]1[C@@H](CSCCOC2CCCCC2)[C@H]2CC[C@@H]1O2. The summed E-state index contributed by atoms with van der Waals surface area (Å²) >= 11 is 2.06. The number of carboxylic acid groups (broad SMARTS) is 1. The zero-order valence-electron chi connectivity index (χ0n) is 16.8. The van der Waals surface area contributed by atoms with Gasteiger partial charge in [0.15, 0.2) is 0 Å². The fourth-order valence-corrected chi connectivity index (χ4v) is 6.35. The molecule has 0 spiro atoms. The van der Waals surface area contributed by atoms with Gasteiger partial charge in [0.1, 0.15) is 0 Å². The van der Waals surface area contributed by atoms with Crippen molar-refractivity contribution >= 4 is 17.7 Å². The first-order chi connectivity index (χ1) is 13.2. The smallest absolute Gasteiger partial charge is 0.303 e. The largest absolute Gasteiger partial charge is 0.481 e. The molecule has 156 valence electrons. The lowest BCUT2D eigenvalue weighted by atomic mass is 9.77. The minimum absolute atomic E-state index is 0.319. The number of fused-ring (bicyclic) bond motifs is 2. The maximum atomic E-state index is 10.6. The highest BCUT2D eigenvalue weighted by molar-refractivity contribution is 7.99. The molecule has 1 N–H and O–H groups in total. The Morgan fingerprint density at radius 2 is 1.70 bits per heavy atom. The summed E-state index contributed by atoms with van der Waals surface area (Å²) in [7, 11) is 0. The quantitative estimate of drug-likeness (QED) is 0.427. The van der Waals surface area contributed by atoms with Crippen LogP contribution in [0.4, 0.5) is 0 Å². The van der Waals surface area contributed by atoms with Crippen LogP contribution in [-0.4, -0.2) is 47.5 Å². The van der Waals surface area contributed by atoms with E-state index in [1.165, 1.54) is 63.5 Å². The molecule has 2 aliphatic heterocycles. The summed E-state index contributed by atoms with van der Waals surface area (Å²) in [5.74, 6) is 3.13. The molecule has 1 aliphatic carbocycles. The van der Waals surface area contributed by atoms with E-state index in [-0.39, 0.29) is 0 Å². The molecule has 0 unspecified atom stereocenters. The number of aliphatic carboxylic acids is 1. The third-order valence-corrected chi connectivity index (χ3v) is 7.79. The van der Waals surface area contributed by atoms with Crippen molar-refractivity contribution in [2.75, 3.05) is 18.1 Å². The molecule has 4 atom stereocenters. The van der Waals surface area contributed by atoms with Crippen LogP contribution in [0.2, 0.25) is 0 Å². The Bertz CT molecular complexity index is 438. The Balaban J connectivity index is 1.28. The van der Waals surface area contributed by atoms with Crippen LogP contribution in [0.25, 0.3) is 0 Å². The van der Waals surface area contributed by atoms with Gasteiger partial charge in [-0.15, -0.1) is 0 Å². The number of thioether (sulfide) groups is 1. The summed E-state index contributed by atoms with van der Waals surface area (Å²) in [5.41, 5.74) is 0. The van der Waals surface area contributed by atoms with Crippen LogP contribution in [-0.2, 0) is 14.3 Å². The van der Waals surface area contributed by atoms with Crippen LogP contribution in [0, 0.1) is 11.8 Å². The average Bonchev–Trinajstić information content (AvgIpc) is 3.27. The third kappa shape index (κ3) is 6.93. The average molecular weight is 399 g/mol. The molecular formula is C22H38O4S. The van der Waals surface area contributed by atoms with E-state index in [2.05, 4.69) is 11.8 Å². The molecule has 0 aromatic heterocycles. The summed E-state index contributed by atoms with van der Waals surface area (Å²) in [6, 6.07) is 0. The van der Waals surface area contributed by atoms with Gasteiger partial charge in [0.25, 0.3) is 0 Å². The van der Waals surface area contributed by atoms with Crippen molar-refractivity contribution in [2.45, 2.75) is 102 Å². The van der Waals surface area contributed by atoms with Gasteiger partial charge in [-0.05, 0) is 56.1 Å². The Labute approximate surface area is 169 Å². The monoisotopic (exact) mass is 398 g/mol.